The Bertz CT molecular complexity index is 140. The molecule has 0 amide bonds. The van der Waals surface area contributed by atoms with Crippen molar-refractivity contribution in [2.75, 3.05) is 12.0 Å². The van der Waals surface area contributed by atoms with Gasteiger partial charge >= 0.3 is 0 Å². The lowest BCUT2D eigenvalue weighted by Gasteiger charge is -1.99. The van der Waals surface area contributed by atoms with Gasteiger partial charge in [0, 0.05) is 12.8 Å². The van der Waals surface area contributed by atoms with Crippen molar-refractivity contribution in [3.05, 3.63) is 12.2 Å². The first-order valence-corrected chi connectivity index (χ1v) is 5.27. The molecule has 0 aromatic heterocycles. The minimum atomic E-state index is 0.325. The van der Waals surface area contributed by atoms with Crippen LogP contribution >= 0.6 is 11.8 Å². The van der Waals surface area contributed by atoms with E-state index in [0.717, 1.165) is 17.7 Å². The summed E-state index contributed by atoms with van der Waals surface area (Å²) in [6.07, 6.45) is 4.21. The van der Waals surface area contributed by atoms with Gasteiger partial charge in [-0.1, -0.05) is 19.1 Å². The highest BCUT2D eigenvalue weighted by Crippen LogP contribution is 2.07. The van der Waals surface area contributed by atoms with Gasteiger partial charge in [0.25, 0.3) is 0 Å². The molecular formula is C9H16OS. The molecule has 0 fully saturated rings. The Morgan fingerprint density at radius 3 is 2.64 bits per heavy atom. The van der Waals surface area contributed by atoms with Crippen LogP contribution in [0, 0.1) is 0 Å². The van der Waals surface area contributed by atoms with Crippen LogP contribution in [0.1, 0.15) is 26.2 Å². The highest BCUT2D eigenvalue weighted by molar-refractivity contribution is 7.98. The molecule has 0 aromatic rings. The fourth-order valence-corrected chi connectivity index (χ4v) is 1.14. The zero-order valence-corrected chi connectivity index (χ0v) is 8.17. The highest BCUT2D eigenvalue weighted by atomic mass is 32.2. The second kappa shape index (κ2) is 6.47. The van der Waals surface area contributed by atoms with E-state index >= 15 is 0 Å². The molecule has 11 heavy (non-hydrogen) atoms. The Morgan fingerprint density at radius 2 is 2.18 bits per heavy atom. The second-order valence-corrected chi connectivity index (χ2v) is 3.55. The lowest BCUT2D eigenvalue weighted by Crippen LogP contribution is -2.00. The monoisotopic (exact) mass is 172 g/mol. The topological polar surface area (TPSA) is 17.1 Å². The molecular weight excluding hydrogens is 156 g/mol. The Balaban J connectivity index is 3.44. The predicted octanol–water partition coefficient (Wildman–Crippen LogP) is 2.66. The summed E-state index contributed by atoms with van der Waals surface area (Å²) in [5.74, 6) is 1.27. The van der Waals surface area contributed by atoms with Crippen LogP contribution in [0.2, 0.25) is 0 Å². The summed E-state index contributed by atoms with van der Waals surface area (Å²) >= 11 is 1.71. The molecule has 0 rings (SSSR count). The van der Waals surface area contributed by atoms with Crippen LogP contribution in [0.5, 0.6) is 0 Å². The van der Waals surface area contributed by atoms with Crippen molar-refractivity contribution in [2.24, 2.45) is 0 Å². The molecule has 0 aliphatic heterocycles. The number of ketones is 1. The summed E-state index contributed by atoms with van der Waals surface area (Å²) in [6.45, 7) is 5.83. The Kier molecular flexibility index (Phi) is 6.33. The zero-order valence-electron chi connectivity index (χ0n) is 7.35. The van der Waals surface area contributed by atoms with Crippen LogP contribution < -0.4 is 0 Å². The van der Waals surface area contributed by atoms with Crippen molar-refractivity contribution in [1.29, 1.82) is 0 Å². The number of thioether (sulfide) groups is 1. The van der Waals surface area contributed by atoms with E-state index in [0.29, 0.717) is 18.6 Å². The summed E-state index contributed by atoms with van der Waals surface area (Å²) < 4.78 is 0. The van der Waals surface area contributed by atoms with Gasteiger partial charge in [0.05, 0.1) is 0 Å². The lowest BCUT2D eigenvalue weighted by atomic mass is 10.1. The molecule has 0 heterocycles. The summed E-state index contributed by atoms with van der Waals surface area (Å²) in [7, 11) is 0. The predicted molar refractivity (Wildman–Crippen MR) is 52.1 cm³/mol. The smallest absolute Gasteiger partial charge is 0.137 e. The van der Waals surface area contributed by atoms with Crippen molar-refractivity contribution in [2.45, 2.75) is 26.2 Å². The molecule has 0 saturated heterocycles. The van der Waals surface area contributed by atoms with Gasteiger partial charge in [0.2, 0.25) is 0 Å². The molecule has 0 bridgehead atoms. The third-order valence-corrected chi connectivity index (χ3v) is 2.14. The van der Waals surface area contributed by atoms with E-state index in [-0.39, 0.29) is 0 Å². The molecule has 64 valence electrons. The van der Waals surface area contributed by atoms with Gasteiger partial charge < -0.3 is 0 Å². The number of Topliss-reactive ketones (excluding diaryl/α,β-unsaturated/α-hetero) is 1. The van der Waals surface area contributed by atoms with E-state index in [1.54, 1.807) is 11.8 Å². The van der Waals surface area contributed by atoms with E-state index < -0.39 is 0 Å². The molecule has 0 unspecified atom stereocenters. The fraction of sp³-hybridized carbons (Fsp3) is 0.667. The van der Waals surface area contributed by atoms with Gasteiger partial charge in [0.1, 0.15) is 5.78 Å². The fourth-order valence-electron chi connectivity index (χ4n) is 0.708. The Hall–Kier alpha value is -0.240. The first kappa shape index (κ1) is 10.8. The maximum Gasteiger partial charge on any atom is 0.137 e. The van der Waals surface area contributed by atoms with E-state index in [2.05, 4.69) is 6.58 Å². The van der Waals surface area contributed by atoms with Crippen molar-refractivity contribution >= 4 is 17.5 Å². The maximum atomic E-state index is 11.1. The third kappa shape index (κ3) is 6.17. The second-order valence-electron chi connectivity index (χ2n) is 2.56. The average Bonchev–Trinajstić information content (AvgIpc) is 2.00. The molecule has 0 spiro atoms. The average molecular weight is 172 g/mol. The molecule has 0 radical (unpaired) electrons. The molecule has 1 nitrogen and oxygen atoms in total. The number of carbonyl (C=O) groups is 1. The van der Waals surface area contributed by atoms with Gasteiger partial charge in [-0.05, 0) is 18.4 Å². The van der Waals surface area contributed by atoms with Crippen molar-refractivity contribution < 1.29 is 4.79 Å². The molecule has 0 atom stereocenters. The first-order chi connectivity index (χ1) is 5.20. The number of carbonyl (C=O) groups excluding carboxylic acids is 1. The Labute approximate surface area is 73.3 Å². The SMILES string of the molecule is C=C(CC)CC(=O)CCSC. The van der Waals surface area contributed by atoms with Crippen molar-refractivity contribution in [3.8, 4) is 0 Å². The molecule has 0 aromatic carbocycles. The van der Waals surface area contributed by atoms with Gasteiger partial charge in [-0.15, -0.1) is 0 Å². The Morgan fingerprint density at radius 1 is 1.55 bits per heavy atom. The molecule has 0 N–H and O–H groups in total. The van der Waals surface area contributed by atoms with Crippen molar-refractivity contribution in [1.82, 2.24) is 0 Å². The van der Waals surface area contributed by atoms with Crippen LogP contribution in [-0.2, 0) is 4.79 Å². The van der Waals surface area contributed by atoms with E-state index in [4.69, 9.17) is 0 Å². The lowest BCUT2D eigenvalue weighted by molar-refractivity contribution is -0.118. The van der Waals surface area contributed by atoms with Gasteiger partial charge in [-0.2, -0.15) is 11.8 Å². The molecule has 0 aliphatic rings. The number of rotatable bonds is 6. The minimum Gasteiger partial charge on any atom is -0.299 e. The normalized spacial score (nSPS) is 9.64. The standard InChI is InChI=1S/C9H16OS/c1-4-8(2)7-9(10)5-6-11-3/h2,4-7H2,1,3H3. The third-order valence-electron chi connectivity index (χ3n) is 1.53. The number of allylic oxidation sites excluding steroid dienone is 1. The van der Waals surface area contributed by atoms with Crippen molar-refractivity contribution in [3.63, 3.8) is 0 Å². The number of hydrogen-bond donors (Lipinski definition) is 0. The van der Waals surface area contributed by atoms with E-state index in [9.17, 15) is 4.79 Å². The number of hydrogen-bond acceptors (Lipinski definition) is 2. The molecule has 0 aliphatic carbocycles. The maximum absolute atomic E-state index is 11.1. The summed E-state index contributed by atoms with van der Waals surface area (Å²) in [5.41, 5.74) is 1.05. The van der Waals surface area contributed by atoms with Crippen LogP contribution in [0.3, 0.4) is 0 Å². The molecule has 2 heteroatoms. The van der Waals surface area contributed by atoms with E-state index in [1.807, 2.05) is 13.2 Å². The summed E-state index contributed by atoms with van der Waals surface area (Å²) in [6, 6.07) is 0. The van der Waals surface area contributed by atoms with Crippen LogP contribution in [0.25, 0.3) is 0 Å². The highest BCUT2D eigenvalue weighted by Gasteiger charge is 2.01. The van der Waals surface area contributed by atoms with Gasteiger partial charge in [-0.25, -0.2) is 0 Å². The van der Waals surface area contributed by atoms with Gasteiger partial charge in [0.15, 0.2) is 0 Å². The first-order valence-electron chi connectivity index (χ1n) is 3.88. The molecule has 0 saturated carbocycles. The van der Waals surface area contributed by atoms with Crippen LogP contribution in [0.4, 0.5) is 0 Å². The van der Waals surface area contributed by atoms with E-state index in [1.165, 1.54) is 0 Å². The minimum absolute atomic E-state index is 0.325. The van der Waals surface area contributed by atoms with Crippen LogP contribution in [0.15, 0.2) is 12.2 Å². The summed E-state index contributed by atoms with van der Waals surface area (Å²) in [5, 5.41) is 0. The quantitative estimate of drug-likeness (QED) is 0.573. The van der Waals surface area contributed by atoms with Gasteiger partial charge in [-0.3, -0.25) is 4.79 Å². The summed E-state index contributed by atoms with van der Waals surface area (Å²) in [4.78, 5) is 11.1. The van der Waals surface area contributed by atoms with Crippen LogP contribution in [-0.4, -0.2) is 17.8 Å². The largest absolute Gasteiger partial charge is 0.299 e. The zero-order chi connectivity index (χ0) is 8.69.